The normalized spacial score (nSPS) is 16.9. The maximum Gasteiger partial charge on any atom is 0.346 e. The van der Waals surface area contributed by atoms with Gasteiger partial charge in [0.2, 0.25) is 5.91 Å². The van der Waals surface area contributed by atoms with E-state index in [1.54, 1.807) is 32.6 Å². The fourth-order valence-corrected chi connectivity index (χ4v) is 4.44. The first-order valence-electron chi connectivity index (χ1n) is 10.1. The summed E-state index contributed by atoms with van der Waals surface area (Å²) in [4.78, 5) is 41.3. The summed E-state index contributed by atoms with van der Waals surface area (Å²) < 4.78 is 2.96. The quantitative estimate of drug-likeness (QED) is 0.714. The molecule has 0 spiro atoms. The predicted molar refractivity (Wildman–Crippen MR) is 113 cm³/mol. The van der Waals surface area contributed by atoms with E-state index < -0.39 is 0 Å². The van der Waals surface area contributed by atoms with E-state index >= 15 is 0 Å². The molecule has 3 heterocycles. The average Bonchev–Trinajstić information content (AvgIpc) is 2.89. The topological polar surface area (TPSA) is 80.4 Å². The molecule has 1 fully saturated rings. The number of piperazine rings is 1. The summed E-state index contributed by atoms with van der Waals surface area (Å²) in [5.74, 6) is 0.417. The molecule has 0 radical (unpaired) electrons. The van der Waals surface area contributed by atoms with Crippen LogP contribution >= 0.6 is 23.2 Å². The molecule has 2 amide bonds. The summed E-state index contributed by atoms with van der Waals surface area (Å²) >= 11 is 12.0. The predicted octanol–water partition coefficient (Wildman–Crippen LogP) is 2.06. The highest BCUT2D eigenvalue weighted by Crippen LogP contribution is 2.23. The zero-order valence-electron chi connectivity index (χ0n) is 16.5. The highest BCUT2D eigenvalue weighted by atomic mass is 35.5. The van der Waals surface area contributed by atoms with E-state index in [0.29, 0.717) is 48.3 Å². The molecule has 2 aromatic rings. The number of nitrogens with zero attached hydrogens (tertiary/aromatic N) is 5. The second-order valence-corrected chi connectivity index (χ2v) is 8.46. The molecule has 10 heteroatoms. The number of carbonyl (C=O) groups is 2. The van der Waals surface area contributed by atoms with Gasteiger partial charge in [-0.05, 0) is 31.0 Å². The van der Waals surface area contributed by atoms with Gasteiger partial charge in [0.15, 0.2) is 0 Å². The second kappa shape index (κ2) is 8.81. The SMILES string of the molecule is O=C(Cn1nc2n(c1=O)CCCCC2)N1CCN(C(=O)c2ccc(Cl)cc2Cl)CC1. The molecule has 1 aromatic heterocycles. The Morgan fingerprint density at radius 1 is 0.967 bits per heavy atom. The van der Waals surface area contributed by atoms with Crippen molar-refractivity contribution in [2.45, 2.75) is 38.8 Å². The van der Waals surface area contributed by atoms with Crippen molar-refractivity contribution in [3.63, 3.8) is 0 Å². The van der Waals surface area contributed by atoms with Crippen molar-refractivity contribution in [3.8, 4) is 0 Å². The zero-order valence-corrected chi connectivity index (χ0v) is 18.0. The van der Waals surface area contributed by atoms with Gasteiger partial charge in [0.1, 0.15) is 12.4 Å². The van der Waals surface area contributed by atoms with Crippen LogP contribution in [0.1, 0.15) is 35.4 Å². The van der Waals surface area contributed by atoms with E-state index in [-0.39, 0.29) is 24.0 Å². The molecule has 0 bridgehead atoms. The van der Waals surface area contributed by atoms with E-state index in [1.165, 1.54) is 4.68 Å². The molecular weight excluding hydrogens is 429 g/mol. The molecule has 2 aliphatic heterocycles. The van der Waals surface area contributed by atoms with Gasteiger partial charge in [0, 0.05) is 44.2 Å². The number of aromatic nitrogens is 3. The number of aryl methyl sites for hydroxylation is 1. The van der Waals surface area contributed by atoms with Gasteiger partial charge in [-0.2, -0.15) is 5.10 Å². The lowest BCUT2D eigenvalue weighted by molar-refractivity contribution is -0.133. The van der Waals surface area contributed by atoms with E-state index in [4.69, 9.17) is 23.2 Å². The van der Waals surface area contributed by atoms with Gasteiger partial charge in [-0.1, -0.05) is 29.6 Å². The Labute approximate surface area is 184 Å². The molecule has 0 N–H and O–H groups in total. The van der Waals surface area contributed by atoms with Gasteiger partial charge in [0.25, 0.3) is 5.91 Å². The molecule has 0 aliphatic carbocycles. The van der Waals surface area contributed by atoms with Gasteiger partial charge in [-0.25, -0.2) is 9.48 Å². The molecule has 4 rings (SSSR count). The average molecular weight is 452 g/mol. The smallest absolute Gasteiger partial charge is 0.338 e. The summed E-state index contributed by atoms with van der Waals surface area (Å²) in [5.41, 5.74) is 0.179. The Morgan fingerprint density at radius 3 is 2.43 bits per heavy atom. The van der Waals surface area contributed by atoms with Crippen molar-refractivity contribution in [1.29, 1.82) is 0 Å². The fraction of sp³-hybridized carbons (Fsp3) is 0.500. The highest BCUT2D eigenvalue weighted by molar-refractivity contribution is 6.36. The minimum Gasteiger partial charge on any atom is -0.338 e. The van der Waals surface area contributed by atoms with Gasteiger partial charge in [0.05, 0.1) is 10.6 Å². The van der Waals surface area contributed by atoms with Crippen LogP contribution in [0.3, 0.4) is 0 Å². The third-order valence-corrected chi connectivity index (χ3v) is 6.20. The van der Waals surface area contributed by atoms with Crippen molar-refractivity contribution in [3.05, 3.63) is 50.1 Å². The van der Waals surface area contributed by atoms with E-state index in [9.17, 15) is 14.4 Å². The number of rotatable bonds is 3. The number of hydrogen-bond acceptors (Lipinski definition) is 4. The van der Waals surface area contributed by atoms with Crippen LogP contribution in [-0.2, 0) is 24.3 Å². The second-order valence-electron chi connectivity index (χ2n) is 7.62. The summed E-state index contributed by atoms with van der Waals surface area (Å²) in [6.07, 6.45) is 3.83. The van der Waals surface area contributed by atoms with Crippen LogP contribution in [0.25, 0.3) is 0 Å². The molecule has 1 aromatic carbocycles. The maximum atomic E-state index is 12.7. The monoisotopic (exact) mass is 451 g/mol. The molecular formula is C20H23Cl2N5O3. The molecule has 0 atom stereocenters. The number of halogens is 2. The Bertz CT molecular complexity index is 1020. The van der Waals surface area contributed by atoms with Crippen molar-refractivity contribution in [2.24, 2.45) is 0 Å². The largest absolute Gasteiger partial charge is 0.346 e. The van der Waals surface area contributed by atoms with Crippen LogP contribution in [0, 0.1) is 0 Å². The first-order chi connectivity index (χ1) is 14.4. The molecule has 30 heavy (non-hydrogen) atoms. The van der Waals surface area contributed by atoms with Crippen LogP contribution in [0.2, 0.25) is 10.0 Å². The number of fused-ring (bicyclic) bond motifs is 1. The lowest BCUT2D eigenvalue weighted by Crippen LogP contribution is -2.51. The highest BCUT2D eigenvalue weighted by Gasteiger charge is 2.27. The van der Waals surface area contributed by atoms with Gasteiger partial charge < -0.3 is 9.80 Å². The zero-order chi connectivity index (χ0) is 21.3. The first kappa shape index (κ1) is 20.9. The summed E-state index contributed by atoms with van der Waals surface area (Å²) in [7, 11) is 0. The van der Waals surface area contributed by atoms with Crippen LogP contribution in [0.5, 0.6) is 0 Å². The molecule has 1 saturated heterocycles. The number of carbonyl (C=O) groups excluding carboxylic acids is 2. The third kappa shape index (κ3) is 4.25. The van der Waals surface area contributed by atoms with Crippen molar-refractivity contribution in [1.82, 2.24) is 24.1 Å². The molecule has 2 aliphatic rings. The Kier molecular flexibility index (Phi) is 6.15. The van der Waals surface area contributed by atoms with Gasteiger partial charge in [-0.15, -0.1) is 0 Å². The minimum atomic E-state index is -0.216. The van der Waals surface area contributed by atoms with Gasteiger partial charge in [-0.3, -0.25) is 14.2 Å². The van der Waals surface area contributed by atoms with Crippen LogP contribution < -0.4 is 5.69 Å². The molecule has 8 nitrogen and oxygen atoms in total. The van der Waals surface area contributed by atoms with E-state index in [0.717, 1.165) is 31.5 Å². The lowest BCUT2D eigenvalue weighted by atomic mass is 10.1. The van der Waals surface area contributed by atoms with Crippen molar-refractivity contribution >= 4 is 35.0 Å². The van der Waals surface area contributed by atoms with E-state index in [2.05, 4.69) is 5.10 Å². The van der Waals surface area contributed by atoms with Crippen molar-refractivity contribution in [2.75, 3.05) is 26.2 Å². The Hall–Kier alpha value is -2.32. The minimum absolute atomic E-state index is 0.0736. The van der Waals surface area contributed by atoms with Crippen molar-refractivity contribution < 1.29 is 9.59 Å². The maximum absolute atomic E-state index is 12.7. The number of amides is 2. The molecule has 0 saturated carbocycles. The molecule has 160 valence electrons. The standard InChI is InChI=1S/C20H23Cl2N5O3/c21-14-5-6-15(16(22)12-14)19(29)25-10-8-24(9-11-25)18(28)13-27-20(30)26-7-3-1-2-4-17(26)23-27/h5-6,12H,1-4,7-11,13H2. The number of benzene rings is 1. The van der Waals surface area contributed by atoms with E-state index in [1.807, 2.05) is 0 Å². The first-order valence-corrected chi connectivity index (χ1v) is 10.9. The fourth-order valence-electron chi connectivity index (χ4n) is 3.95. The summed E-state index contributed by atoms with van der Waals surface area (Å²) in [6.45, 7) is 2.19. The van der Waals surface area contributed by atoms with Crippen LogP contribution in [0.4, 0.5) is 0 Å². The lowest BCUT2D eigenvalue weighted by Gasteiger charge is -2.34. The van der Waals surface area contributed by atoms with Gasteiger partial charge >= 0.3 is 5.69 Å². The third-order valence-electron chi connectivity index (χ3n) is 5.65. The molecule has 0 unspecified atom stereocenters. The Morgan fingerprint density at radius 2 is 1.70 bits per heavy atom. The van der Waals surface area contributed by atoms with Crippen LogP contribution in [-0.4, -0.2) is 62.1 Å². The summed E-state index contributed by atoms with van der Waals surface area (Å²) in [6, 6.07) is 4.78. The summed E-state index contributed by atoms with van der Waals surface area (Å²) in [5, 5.41) is 5.16. The van der Waals surface area contributed by atoms with Crippen LogP contribution in [0.15, 0.2) is 23.0 Å². The Balaban J connectivity index is 1.37. The number of hydrogen-bond donors (Lipinski definition) is 0.